The first-order chi connectivity index (χ1) is 24.1. The number of allylic oxidation sites excluding steroid dienone is 4. The van der Waals surface area contributed by atoms with Gasteiger partial charge in [-0.15, -0.1) is 26.3 Å². The first-order valence-corrected chi connectivity index (χ1v) is 19.0. The molecule has 0 spiro atoms. The van der Waals surface area contributed by atoms with Crippen molar-refractivity contribution in [2.24, 2.45) is 0 Å². The van der Waals surface area contributed by atoms with Gasteiger partial charge in [-0.2, -0.15) is 0 Å². The highest BCUT2D eigenvalue weighted by Crippen LogP contribution is 2.45. The summed E-state index contributed by atoms with van der Waals surface area (Å²) in [5, 5.41) is 0. The van der Waals surface area contributed by atoms with Crippen LogP contribution in [-0.4, -0.2) is 0 Å². The Morgan fingerprint density at radius 3 is 0.694 bits per heavy atom. The van der Waals surface area contributed by atoms with Crippen molar-refractivity contribution in [1.82, 2.24) is 0 Å². The molecule has 0 amide bonds. The SMILES string of the molecule is C=CCCCCc1ccc(C(c2ccc(CCCCC=C)cc2)(c2ccc(CCCCC=C)cc2)c2ccc(CCCCC=C)cc2)cc1. The van der Waals surface area contributed by atoms with Gasteiger partial charge in [0.15, 0.2) is 0 Å². The fourth-order valence-corrected chi connectivity index (χ4v) is 7.16. The number of unbranched alkanes of at least 4 members (excludes halogenated alkanes) is 8. The second kappa shape index (κ2) is 21.0. The van der Waals surface area contributed by atoms with E-state index in [-0.39, 0.29) is 0 Å². The van der Waals surface area contributed by atoms with Gasteiger partial charge in [-0.1, -0.05) is 121 Å². The van der Waals surface area contributed by atoms with E-state index in [2.05, 4.69) is 123 Å². The third-order valence-corrected chi connectivity index (χ3v) is 10.0. The Morgan fingerprint density at radius 2 is 0.510 bits per heavy atom. The third-order valence-electron chi connectivity index (χ3n) is 10.0. The van der Waals surface area contributed by atoms with Crippen LogP contribution in [0.5, 0.6) is 0 Å². The normalized spacial score (nSPS) is 11.3. The monoisotopic (exact) mass is 648 g/mol. The van der Waals surface area contributed by atoms with Crippen molar-refractivity contribution in [1.29, 1.82) is 0 Å². The maximum atomic E-state index is 3.90. The van der Waals surface area contributed by atoms with E-state index in [1.165, 1.54) is 95.9 Å². The molecule has 4 aromatic carbocycles. The van der Waals surface area contributed by atoms with Crippen molar-refractivity contribution in [2.45, 2.75) is 108 Å². The molecule has 49 heavy (non-hydrogen) atoms. The average molecular weight is 649 g/mol. The van der Waals surface area contributed by atoms with Gasteiger partial charge in [-0.05, 0) is 147 Å². The van der Waals surface area contributed by atoms with Gasteiger partial charge in [-0.25, -0.2) is 0 Å². The molecule has 0 saturated heterocycles. The lowest BCUT2D eigenvalue weighted by Gasteiger charge is -2.37. The van der Waals surface area contributed by atoms with E-state index < -0.39 is 5.41 Å². The Hall–Kier alpha value is -4.16. The van der Waals surface area contributed by atoms with E-state index in [1.807, 2.05) is 24.3 Å². The highest BCUT2D eigenvalue weighted by atomic mass is 14.4. The van der Waals surface area contributed by atoms with Gasteiger partial charge in [0.1, 0.15) is 0 Å². The summed E-state index contributed by atoms with van der Waals surface area (Å²) < 4.78 is 0. The zero-order valence-corrected chi connectivity index (χ0v) is 30.2. The predicted molar refractivity (Wildman–Crippen MR) is 216 cm³/mol. The number of hydrogen-bond acceptors (Lipinski definition) is 0. The van der Waals surface area contributed by atoms with Crippen LogP contribution < -0.4 is 0 Å². The van der Waals surface area contributed by atoms with E-state index in [4.69, 9.17) is 0 Å². The summed E-state index contributed by atoms with van der Waals surface area (Å²) in [5.74, 6) is 0. The van der Waals surface area contributed by atoms with Crippen molar-refractivity contribution in [3.63, 3.8) is 0 Å². The smallest absolute Gasteiger partial charge is 0.0701 e. The molecule has 0 fully saturated rings. The molecule has 4 rings (SSSR count). The summed E-state index contributed by atoms with van der Waals surface area (Å²) in [7, 11) is 0. The van der Waals surface area contributed by atoms with Crippen LogP contribution in [-0.2, 0) is 31.1 Å². The summed E-state index contributed by atoms with van der Waals surface area (Å²) in [6, 6.07) is 38.2. The van der Waals surface area contributed by atoms with Gasteiger partial charge in [0, 0.05) is 0 Å². The molecule has 0 aliphatic heterocycles. The Kier molecular flexibility index (Phi) is 16.2. The second-order valence-corrected chi connectivity index (χ2v) is 13.7. The van der Waals surface area contributed by atoms with Gasteiger partial charge >= 0.3 is 0 Å². The van der Waals surface area contributed by atoms with Crippen LogP contribution in [0.25, 0.3) is 0 Å². The van der Waals surface area contributed by atoms with E-state index in [0.717, 1.165) is 51.4 Å². The highest BCUT2D eigenvalue weighted by molar-refractivity contribution is 5.60. The van der Waals surface area contributed by atoms with Crippen molar-refractivity contribution < 1.29 is 0 Å². The lowest BCUT2D eigenvalue weighted by molar-refractivity contribution is 0.725. The van der Waals surface area contributed by atoms with E-state index in [0.29, 0.717) is 0 Å². The number of rotatable bonds is 24. The van der Waals surface area contributed by atoms with Crippen molar-refractivity contribution in [3.05, 3.63) is 192 Å². The molecule has 0 N–H and O–H groups in total. The summed E-state index contributed by atoms with van der Waals surface area (Å²) in [6.45, 7) is 15.6. The van der Waals surface area contributed by atoms with Crippen molar-refractivity contribution in [3.8, 4) is 0 Å². The Balaban J connectivity index is 1.80. The first-order valence-electron chi connectivity index (χ1n) is 19.0. The minimum absolute atomic E-state index is 0.439. The average Bonchev–Trinajstić information content (AvgIpc) is 3.15. The van der Waals surface area contributed by atoms with Crippen LogP contribution in [0.2, 0.25) is 0 Å². The number of aryl methyl sites for hydroxylation is 4. The predicted octanol–water partition coefficient (Wildman–Crippen LogP) is 13.7. The minimum atomic E-state index is -0.439. The van der Waals surface area contributed by atoms with Gasteiger partial charge in [0.05, 0.1) is 5.41 Å². The van der Waals surface area contributed by atoms with E-state index >= 15 is 0 Å². The van der Waals surface area contributed by atoms with Crippen LogP contribution in [0.3, 0.4) is 0 Å². The highest BCUT2D eigenvalue weighted by Gasteiger charge is 2.38. The molecule has 0 nitrogen and oxygen atoms in total. The lowest BCUT2D eigenvalue weighted by atomic mass is 9.64. The van der Waals surface area contributed by atoms with E-state index in [9.17, 15) is 0 Å². The fraction of sp³-hybridized carbons (Fsp3) is 0.347. The van der Waals surface area contributed by atoms with Gasteiger partial charge in [-0.3, -0.25) is 0 Å². The standard InChI is InChI=1S/C49H60/c1-5-9-13-17-21-41-25-33-45(34-26-41)49(46-35-27-42(28-36-46)22-18-14-10-6-2,47-37-29-43(30-38-47)23-19-15-11-7-3)48-39-31-44(32-40-48)24-20-16-12-8-4/h5-8,25-40H,1-4,9-24H2. The lowest BCUT2D eigenvalue weighted by Crippen LogP contribution is -2.31. The van der Waals surface area contributed by atoms with Gasteiger partial charge in [0.25, 0.3) is 0 Å². The molecule has 0 bridgehead atoms. The molecule has 0 atom stereocenters. The number of hydrogen-bond donors (Lipinski definition) is 0. The van der Waals surface area contributed by atoms with Crippen LogP contribution in [0, 0.1) is 0 Å². The van der Waals surface area contributed by atoms with Crippen LogP contribution >= 0.6 is 0 Å². The zero-order chi connectivity index (χ0) is 34.6. The molecule has 0 aromatic heterocycles. The second-order valence-electron chi connectivity index (χ2n) is 13.7. The van der Waals surface area contributed by atoms with Crippen molar-refractivity contribution >= 4 is 0 Å². The fourth-order valence-electron chi connectivity index (χ4n) is 7.16. The molecule has 0 aliphatic carbocycles. The molecule has 0 saturated carbocycles. The molecule has 0 unspecified atom stereocenters. The molecule has 0 aliphatic rings. The summed E-state index contributed by atoms with van der Waals surface area (Å²) in [6.07, 6.45) is 26.4. The van der Waals surface area contributed by atoms with E-state index in [1.54, 1.807) is 0 Å². The Bertz CT molecular complexity index is 1290. The third kappa shape index (κ3) is 10.9. The molecular weight excluding hydrogens is 589 g/mol. The van der Waals surface area contributed by atoms with Crippen LogP contribution in [0.4, 0.5) is 0 Å². The molecule has 0 heterocycles. The zero-order valence-electron chi connectivity index (χ0n) is 30.2. The first kappa shape index (κ1) is 37.7. The van der Waals surface area contributed by atoms with Crippen molar-refractivity contribution in [2.75, 3.05) is 0 Å². The van der Waals surface area contributed by atoms with Gasteiger partial charge in [0.2, 0.25) is 0 Å². The largest absolute Gasteiger partial charge is 0.103 e. The molecular formula is C49H60. The van der Waals surface area contributed by atoms with Crippen LogP contribution in [0.15, 0.2) is 148 Å². The molecule has 4 aromatic rings. The maximum Gasteiger partial charge on any atom is 0.0701 e. The summed E-state index contributed by atoms with van der Waals surface area (Å²) >= 11 is 0. The molecule has 256 valence electrons. The minimum Gasteiger partial charge on any atom is -0.103 e. The quantitative estimate of drug-likeness (QED) is 0.0403. The van der Waals surface area contributed by atoms with Gasteiger partial charge < -0.3 is 0 Å². The van der Waals surface area contributed by atoms with Crippen LogP contribution in [0.1, 0.15) is 122 Å². The number of benzene rings is 4. The molecule has 0 heteroatoms. The molecule has 0 radical (unpaired) electrons. The maximum absolute atomic E-state index is 3.90. The summed E-state index contributed by atoms with van der Waals surface area (Å²) in [4.78, 5) is 0. The Morgan fingerprint density at radius 1 is 0.306 bits per heavy atom. The Labute approximate surface area is 299 Å². The topological polar surface area (TPSA) is 0 Å². The summed E-state index contributed by atoms with van der Waals surface area (Å²) in [5.41, 5.74) is 10.4.